The first kappa shape index (κ1) is 23.0. The van der Waals surface area contributed by atoms with Crippen molar-refractivity contribution in [1.29, 1.82) is 0 Å². The van der Waals surface area contributed by atoms with Gasteiger partial charge in [0.1, 0.15) is 5.15 Å². The number of carbonyl (C=O) groups is 2. The molecule has 31 heavy (non-hydrogen) atoms. The van der Waals surface area contributed by atoms with Crippen LogP contribution in [-0.2, 0) is 4.74 Å². The lowest BCUT2D eigenvalue weighted by Gasteiger charge is -2.10. The lowest BCUT2D eigenvalue weighted by molar-refractivity contribution is 0.0599. The van der Waals surface area contributed by atoms with Crippen LogP contribution in [0.2, 0.25) is 5.15 Å². The Hall–Kier alpha value is -2.67. The predicted octanol–water partition coefficient (Wildman–Crippen LogP) is 5.32. The highest BCUT2D eigenvalue weighted by atomic mass is 35.5. The fourth-order valence-corrected chi connectivity index (χ4v) is 4.49. The fraction of sp³-hybridized carbons (Fsp3) is 0.478. The average molecular weight is 447 g/mol. The molecule has 2 heterocycles. The van der Waals surface area contributed by atoms with Crippen LogP contribution < -0.4 is 0 Å². The Morgan fingerprint density at radius 2 is 1.42 bits per heavy atom. The number of ether oxygens (including phenoxy) is 1. The standard InChI is InChI=1S/C12H14ClNO2.C11H13NO3/c1-16-12(15)9-6-10(14-11(13)7-9)8-4-2-3-5-8;13-10-6-8(11(14)15)5-9(12-10)7-3-1-2-4-7/h6-8H,2-5H2,1H3;5-7H,1-4H2,(H,12,13)(H,14,15). The summed E-state index contributed by atoms with van der Waals surface area (Å²) in [6, 6.07) is 6.10. The van der Waals surface area contributed by atoms with Crippen molar-refractivity contribution < 1.29 is 24.5 Å². The Labute approximate surface area is 186 Å². The van der Waals surface area contributed by atoms with Crippen LogP contribution in [0.1, 0.15) is 95.3 Å². The Balaban J connectivity index is 0.000000176. The van der Waals surface area contributed by atoms with E-state index in [-0.39, 0.29) is 17.4 Å². The van der Waals surface area contributed by atoms with Crippen molar-refractivity contribution in [2.45, 2.75) is 63.2 Å². The molecule has 2 aromatic heterocycles. The van der Waals surface area contributed by atoms with Crippen LogP contribution >= 0.6 is 11.6 Å². The van der Waals surface area contributed by atoms with E-state index in [1.54, 1.807) is 18.2 Å². The summed E-state index contributed by atoms with van der Waals surface area (Å²) in [5.74, 6) is -0.815. The van der Waals surface area contributed by atoms with Crippen molar-refractivity contribution in [3.8, 4) is 5.88 Å². The van der Waals surface area contributed by atoms with E-state index in [0.29, 0.717) is 28.2 Å². The number of halogens is 1. The summed E-state index contributed by atoms with van der Waals surface area (Å²) in [4.78, 5) is 30.5. The lowest BCUT2D eigenvalue weighted by Crippen LogP contribution is -2.05. The molecule has 166 valence electrons. The van der Waals surface area contributed by atoms with Gasteiger partial charge in [0.25, 0.3) is 0 Å². The van der Waals surface area contributed by atoms with Gasteiger partial charge in [0.15, 0.2) is 0 Å². The normalized spacial score (nSPS) is 16.6. The van der Waals surface area contributed by atoms with E-state index in [1.807, 2.05) is 0 Å². The molecule has 2 saturated carbocycles. The number of pyridine rings is 2. The summed E-state index contributed by atoms with van der Waals surface area (Å²) in [5.41, 5.74) is 2.24. The van der Waals surface area contributed by atoms with Crippen molar-refractivity contribution in [2.24, 2.45) is 0 Å². The number of carbonyl (C=O) groups excluding carboxylic acids is 1. The summed E-state index contributed by atoms with van der Waals surface area (Å²) in [5, 5.41) is 18.5. The number of methoxy groups -OCH3 is 1. The maximum atomic E-state index is 11.4. The quantitative estimate of drug-likeness (QED) is 0.482. The van der Waals surface area contributed by atoms with Crippen LogP contribution in [-0.4, -0.2) is 39.2 Å². The molecule has 2 N–H and O–H groups in total. The van der Waals surface area contributed by atoms with Crippen LogP contribution in [0.3, 0.4) is 0 Å². The van der Waals surface area contributed by atoms with Crippen molar-refractivity contribution in [2.75, 3.05) is 7.11 Å². The van der Waals surface area contributed by atoms with Gasteiger partial charge in [-0.1, -0.05) is 37.3 Å². The minimum atomic E-state index is -1.02. The summed E-state index contributed by atoms with van der Waals surface area (Å²) in [7, 11) is 1.37. The number of aromatic carboxylic acids is 1. The monoisotopic (exact) mass is 446 g/mol. The number of nitrogens with zero attached hydrogens (tertiary/aromatic N) is 2. The first-order valence-electron chi connectivity index (χ1n) is 10.6. The van der Waals surface area contributed by atoms with Crippen molar-refractivity contribution >= 4 is 23.5 Å². The highest BCUT2D eigenvalue weighted by Crippen LogP contribution is 2.35. The van der Waals surface area contributed by atoms with Crippen LogP contribution in [0.5, 0.6) is 5.88 Å². The van der Waals surface area contributed by atoms with Crippen molar-refractivity contribution in [1.82, 2.24) is 9.97 Å². The minimum absolute atomic E-state index is 0.115. The second-order valence-corrected chi connectivity index (χ2v) is 8.39. The van der Waals surface area contributed by atoms with Gasteiger partial charge in [-0.25, -0.2) is 19.6 Å². The van der Waals surface area contributed by atoms with Crippen LogP contribution in [0, 0.1) is 0 Å². The highest BCUT2D eigenvalue weighted by Gasteiger charge is 2.21. The Morgan fingerprint density at radius 1 is 0.903 bits per heavy atom. The molecular weight excluding hydrogens is 420 g/mol. The number of carboxylic acid groups (broad SMARTS) is 1. The zero-order chi connectivity index (χ0) is 22.4. The first-order valence-corrected chi connectivity index (χ1v) is 10.9. The lowest BCUT2D eigenvalue weighted by atomic mass is 10.0. The van der Waals surface area contributed by atoms with Gasteiger partial charge in [-0.3, -0.25) is 0 Å². The molecule has 0 unspecified atom stereocenters. The topological polar surface area (TPSA) is 110 Å². The highest BCUT2D eigenvalue weighted by molar-refractivity contribution is 6.29. The molecule has 0 aromatic carbocycles. The molecule has 2 aliphatic carbocycles. The maximum absolute atomic E-state index is 11.4. The van der Waals surface area contributed by atoms with Crippen LogP contribution in [0.15, 0.2) is 24.3 Å². The first-order chi connectivity index (χ1) is 14.9. The molecule has 0 aliphatic heterocycles. The molecule has 0 bridgehead atoms. The minimum Gasteiger partial charge on any atom is -0.493 e. The third-order valence-corrected chi connectivity index (χ3v) is 6.05. The number of aromatic hydroxyl groups is 1. The Bertz CT molecular complexity index is 938. The van der Waals surface area contributed by atoms with E-state index in [1.165, 1.54) is 26.0 Å². The Morgan fingerprint density at radius 3 is 1.94 bits per heavy atom. The van der Waals surface area contributed by atoms with Gasteiger partial charge in [0.05, 0.1) is 18.2 Å². The van der Waals surface area contributed by atoms with E-state index in [0.717, 1.165) is 44.2 Å². The van der Waals surface area contributed by atoms with E-state index >= 15 is 0 Å². The summed E-state index contributed by atoms with van der Waals surface area (Å²) >= 11 is 5.91. The summed E-state index contributed by atoms with van der Waals surface area (Å²) < 4.78 is 4.68. The maximum Gasteiger partial charge on any atom is 0.338 e. The van der Waals surface area contributed by atoms with Crippen molar-refractivity contribution in [3.63, 3.8) is 0 Å². The van der Waals surface area contributed by atoms with E-state index in [4.69, 9.17) is 16.7 Å². The zero-order valence-electron chi connectivity index (χ0n) is 17.5. The van der Waals surface area contributed by atoms with Crippen LogP contribution in [0.25, 0.3) is 0 Å². The molecule has 2 fully saturated rings. The molecule has 0 amide bonds. The molecule has 0 atom stereocenters. The average Bonchev–Trinajstić information content (AvgIpc) is 3.47. The molecule has 7 nitrogen and oxygen atoms in total. The molecule has 2 aliphatic rings. The van der Waals surface area contributed by atoms with Gasteiger partial charge in [-0.2, -0.15) is 0 Å². The van der Waals surface area contributed by atoms with E-state index in [2.05, 4.69) is 14.7 Å². The smallest absolute Gasteiger partial charge is 0.338 e. The summed E-state index contributed by atoms with van der Waals surface area (Å²) in [6.45, 7) is 0. The molecular formula is C23H27ClN2O5. The largest absolute Gasteiger partial charge is 0.493 e. The number of rotatable bonds is 4. The van der Waals surface area contributed by atoms with E-state index in [9.17, 15) is 14.7 Å². The molecule has 2 aromatic rings. The zero-order valence-corrected chi connectivity index (χ0v) is 18.3. The predicted molar refractivity (Wildman–Crippen MR) is 116 cm³/mol. The molecule has 4 rings (SSSR count). The fourth-order valence-electron chi connectivity index (χ4n) is 4.27. The SMILES string of the molecule is COC(=O)c1cc(Cl)nc(C2CCCC2)c1.O=C(O)c1cc(O)nc(C2CCCC2)c1. The van der Waals surface area contributed by atoms with Gasteiger partial charge >= 0.3 is 11.9 Å². The third-order valence-electron chi connectivity index (χ3n) is 5.86. The molecule has 0 saturated heterocycles. The second kappa shape index (κ2) is 10.6. The molecule has 8 heteroatoms. The third kappa shape index (κ3) is 6.17. The number of hydrogen-bond acceptors (Lipinski definition) is 6. The number of aromatic nitrogens is 2. The Kier molecular flexibility index (Phi) is 7.85. The van der Waals surface area contributed by atoms with Crippen LogP contribution in [0.4, 0.5) is 0 Å². The van der Waals surface area contributed by atoms with Gasteiger partial charge in [-0.15, -0.1) is 0 Å². The molecule has 0 radical (unpaired) electrons. The van der Waals surface area contributed by atoms with Gasteiger partial charge in [0, 0.05) is 29.3 Å². The number of hydrogen-bond donors (Lipinski definition) is 2. The van der Waals surface area contributed by atoms with Gasteiger partial charge < -0.3 is 14.9 Å². The van der Waals surface area contributed by atoms with E-state index < -0.39 is 5.97 Å². The van der Waals surface area contributed by atoms with Crippen molar-refractivity contribution in [3.05, 3.63) is 51.9 Å². The number of esters is 1. The second-order valence-electron chi connectivity index (χ2n) is 8.00. The van der Waals surface area contributed by atoms with Gasteiger partial charge in [-0.05, 0) is 43.9 Å². The van der Waals surface area contributed by atoms with Gasteiger partial charge in [0.2, 0.25) is 5.88 Å². The molecule has 0 spiro atoms. The summed E-state index contributed by atoms with van der Waals surface area (Å²) in [6.07, 6.45) is 9.11. The number of carboxylic acids is 1.